The third kappa shape index (κ3) is 5.49. The van der Waals surface area contributed by atoms with Crippen LogP contribution in [-0.2, 0) is 20.9 Å². The zero-order chi connectivity index (χ0) is 19.1. The second-order valence-electron chi connectivity index (χ2n) is 5.71. The van der Waals surface area contributed by atoms with E-state index in [1.807, 2.05) is 18.2 Å². The number of carbonyl (C=O) groups is 2. The zero-order valence-corrected chi connectivity index (χ0v) is 15.2. The van der Waals surface area contributed by atoms with Crippen molar-refractivity contribution in [1.29, 1.82) is 0 Å². The molecule has 0 fully saturated rings. The van der Waals surface area contributed by atoms with Crippen molar-refractivity contribution in [3.05, 3.63) is 64.7 Å². The molecule has 0 atom stereocenters. The molecule has 0 radical (unpaired) electrons. The van der Waals surface area contributed by atoms with Gasteiger partial charge in [0.25, 0.3) is 5.91 Å². The van der Waals surface area contributed by atoms with Crippen molar-refractivity contribution in [2.45, 2.75) is 6.54 Å². The molecule has 6 nitrogen and oxygen atoms in total. The van der Waals surface area contributed by atoms with E-state index in [-0.39, 0.29) is 13.2 Å². The first-order chi connectivity index (χ1) is 13.1. The molecule has 27 heavy (non-hydrogen) atoms. The normalized spacial score (nSPS) is 12.6. The molecule has 1 aliphatic rings. The molecule has 0 saturated heterocycles. The van der Waals surface area contributed by atoms with Gasteiger partial charge < -0.3 is 19.5 Å². The van der Waals surface area contributed by atoms with Crippen LogP contribution in [0.1, 0.15) is 11.1 Å². The van der Waals surface area contributed by atoms with E-state index in [1.165, 1.54) is 6.08 Å². The first-order valence-electron chi connectivity index (χ1n) is 8.36. The number of halogens is 1. The highest BCUT2D eigenvalue weighted by atomic mass is 35.5. The predicted octanol–water partition coefficient (Wildman–Crippen LogP) is 2.98. The maximum atomic E-state index is 11.8. The number of rotatable bonds is 6. The molecule has 0 aromatic heterocycles. The molecule has 2 aromatic carbocycles. The largest absolute Gasteiger partial charge is 0.486 e. The zero-order valence-electron chi connectivity index (χ0n) is 14.4. The van der Waals surface area contributed by atoms with Crippen LogP contribution in [0.2, 0.25) is 5.02 Å². The third-order valence-corrected chi connectivity index (χ3v) is 4.13. The Balaban J connectivity index is 1.44. The molecule has 0 spiro atoms. The summed E-state index contributed by atoms with van der Waals surface area (Å²) in [4.78, 5) is 23.6. The van der Waals surface area contributed by atoms with Crippen LogP contribution in [0, 0.1) is 0 Å². The lowest BCUT2D eigenvalue weighted by Crippen LogP contribution is -2.28. The molecule has 0 bridgehead atoms. The first kappa shape index (κ1) is 18.8. The van der Waals surface area contributed by atoms with Gasteiger partial charge in [0.2, 0.25) is 0 Å². The van der Waals surface area contributed by atoms with E-state index in [2.05, 4.69) is 5.32 Å². The van der Waals surface area contributed by atoms with Gasteiger partial charge in [-0.2, -0.15) is 0 Å². The summed E-state index contributed by atoms with van der Waals surface area (Å²) in [6.45, 7) is 0.913. The lowest BCUT2D eigenvalue weighted by molar-refractivity contribution is -0.143. The van der Waals surface area contributed by atoms with Gasteiger partial charge in [0.15, 0.2) is 18.1 Å². The molecule has 0 aliphatic carbocycles. The van der Waals surface area contributed by atoms with E-state index in [0.29, 0.717) is 29.7 Å². The minimum absolute atomic E-state index is 0.267. The standard InChI is InChI=1S/C20H18ClNO5/c21-16-4-2-1-3-15(16)12-22-19(23)13-27-20(24)8-6-14-5-7-17-18(11-14)26-10-9-25-17/h1-8,11H,9-10,12-13H2,(H,22,23)/b8-6+. The van der Waals surface area contributed by atoms with Crippen LogP contribution in [-0.4, -0.2) is 31.7 Å². The van der Waals surface area contributed by atoms with E-state index in [4.69, 9.17) is 25.8 Å². The Hall–Kier alpha value is -2.99. The van der Waals surface area contributed by atoms with E-state index < -0.39 is 11.9 Å². The summed E-state index contributed by atoms with van der Waals surface area (Å²) in [6.07, 6.45) is 2.84. The van der Waals surface area contributed by atoms with Gasteiger partial charge in [0.05, 0.1) is 0 Å². The van der Waals surface area contributed by atoms with Crippen molar-refractivity contribution in [3.8, 4) is 11.5 Å². The molecule has 1 aliphatic heterocycles. The molecule has 0 saturated carbocycles. The van der Waals surface area contributed by atoms with Crippen LogP contribution in [0.5, 0.6) is 11.5 Å². The molecule has 0 unspecified atom stereocenters. The smallest absolute Gasteiger partial charge is 0.331 e. The van der Waals surface area contributed by atoms with E-state index in [1.54, 1.807) is 30.3 Å². The van der Waals surface area contributed by atoms with Gasteiger partial charge in [-0.15, -0.1) is 0 Å². The molecular formula is C20H18ClNO5. The molecule has 7 heteroatoms. The third-order valence-electron chi connectivity index (χ3n) is 3.76. The Bertz CT molecular complexity index is 865. The fraction of sp³-hybridized carbons (Fsp3) is 0.200. The molecule has 3 rings (SSSR count). The van der Waals surface area contributed by atoms with Gasteiger partial charge in [-0.25, -0.2) is 4.79 Å². The summed E-state index contributed by atoms with van der Waals surface area (Å²) in [7, 11) is 0. The van der Waals surface area contributed by atoms with Crippen molar-refractivity contribution < 1.29 is 23.8 Å². The predicted molar refractivity (Wildman–Crippen MR) is 101 cm³/mol. The van der Waals surface area contributed by atoms with Gasteiger partial charge in [0.1, 0.15) is 13.2 Å². The summed E-state index contributed by atoms with van der Waals surface area (Å²) in [5.41, 5.74) is 1.55. The fourth-order valence-electron chi connectivity index (χ4n) is 2.40. The van der Waals surface area contributed by atoms with E-state index >= 15 is 0 Å². The Morgan fingerprint density at radius 2 is 1.89 bits per heavy atom. The van der Waals surface area contributed by atoms with Crippen LogP contribution < -0.4 is 14.8 Å². The second kappa shape index (κ2) is 9.09. The molecule has 2 aromatic rings. The van der Waals surface area contributed by atoms with Gasteiger partial charge in [-0.3, -0.25) is 4.79 Å². The number of hydrogen-bond acceptors (Lipinski definition) is 5. The number of nitrogens with one attached hydrogen (secondary N) is 1. The van der Waals surface area contributed by atoms with Gasteiger partial charge in [-0.05, 0) is 35.4 Å². The average molecular weight is 388 g/mol. The van der Waals surface area contributed by atoms with Crippen molar-refractivity contribution >= 4 is 29.6 Å². The van der Waals surface area contributed by atoms with Crippen molar-refractivity contribution in [3.63, 3.8) is 0 Å². The summed E-state index contributed by atoms with van der Waals surface area (Å²) >= 11 is 6.02. The van der Waals surface area contributed by atoms with Crippen LogP contribution in [0.15, 0.2) is 48.5 Å². The molecule has 1 heterocycles. The molecule has 1 N–H and O–H groups in total. The minimum atomic E-state index is -0.613. The molecule has 140 valence electrons. The summed E-state index contributed by atoms with van der Waals surface area (Å²) in [5.74, 6) is 0.292. The molecule has 1 amide bonds. The lowest BCUT2D eigenvalue weighted by Gasteiger charge is -2.18. The second-order valence-corrected chi connectivity index (χ2v) is 6.12. The van der Waals surface area contributed by atoms with Crippen molar-refractivity contribution in [2.24, 2.45) is 0 Å². The van der Waals surface area contributed by atoms with Gasteiger partial charge in [-0.1, -0.05) is 35.9 Å². The minimum Gasteiger partial charge on any atom is -0.486 e. The van der Waals surface area contributed by atoms with Crippen LogP contribution >= 0.6 is 11.6 Å². The van der Waals surface area contributed by atoms with Crippen LogP contribution in [0.3, 0.4) is 0 Å². The lowest BCUT2D eigenvalue weighted by atomic mass is 10.2. The Morgan fingerprint density at radius 1 is 1.11 bits per heavy atom. The van der Waals surface area contributed by atoms with E-state index in [9.17, 15) is 9.59 Å². The maximum Gasteiger partial charge on any atom is 0.331 e. The number of fused-ring (bicyclic) bond motifs is 1. The quantitative estimate of drug-likeness (QED) is 0.609. The number of esters is 1. The fourth-order valence-corrected chi connectivity index (χ4v) is 2.60. The van der Waals surface area contributed by atoms with Gasteiger partial charge >= 0.3 is 5.97 Å². The summed E-state index contributed by atoms with van der Waals surface area (Å²) in [6, 6.07) is 12.5. The van der Waals surface area contributed by atoms with Gasteiger partial charge in [0, 0.05) is 17.6 Å². The van der Waals surface area contributed by atoms with Crippen molar-refractivity contribution in [2.75, 3.05) is 19.8 Å². The highest BCUT2D eigenvalue weighted by Crippen LogP contribution is 2.31. The Kier molecular flexibility index (Phi) is 6.33. The number of carbonyl (C=O) groups excluding carboxylic acids is 2. The summed E-state index contributed by atoms with van der Waals surface area (Å²) < 4.78 is 15.9. The number of ether oxygens (including phenoxy) is 3. The number of amides is 1. The highest BCUT2D eigenvalue weighted by molar-refractivity contribution is 6.31. The monoisotopic (exact) mass is 387 g/mol. The number of benzene rings is 2. The van der Waals surface area contributed by atoms with E-state index in [0.717, 1.165) is 11.1 Å². The topological polar surface area (TPSA) is 73.9 Å². The summed E-state index contributed by atoms with van der Waals surface area (Å²) in [5, 5.41) is 3.21. The SMILES string of the molecule is O=C(COC(=O)/C=C/c1ccc2c(c1)OCCO2)NCc1ccccc1Cl. The van der Waals surface area contributed by atoms with Crippen LogP contribution in [0.4, 0.5) is 0 Å². The molecular weight excluding hydrogens is 370 g/mol. The average Bonchev–Trinajstić information content (AvgIpc) is 2.70. The highest BCUT2D eigenvalue weighted by Gasteiger charge is 2.11. The Morgan fingerprint density at radius 3 is 2.70 bits per heavy atom. The van der Waals surface area contributed by atoms with Crippen LogP contribution in [0.25, 0.3) is 6.08 Å². The Labute approximate surface area is 161 Å². The number of hydrogen-bond donors (Lipinski definition) is 1. The van der Waals surface area contributed by atoms with Crippen molar-refractivity contribution in [1.82, 2.24) is 5.32 Å². The first-order valence-corrected chi connectivity index (χ1v) is 8.74. The maximum absolute atomic E-state index is 11.8.